The Hall–Kier alpha value is -2.49. The molecule has 0 bridgehead atoms. The number of carboxylic acid groups (broad SMARTS) is 1. The lowest BCUT2D eigenvalue weighted by Gasteiger charge is -2.18. The Labute approximate surface area is 124 Å². The number of hydrogen-bond donors (Lipinski definition) is 2. The fourth-order valence-corrected chi connectivity index (χ4v) is 2.17. The van der Waals surface area contributed by atoms with Gasteiger partial charge in [-0.15, -0.1) is 0 Å². The van der Waals surface area contributed by atoms with Crippen LogP contribution in [0.1, 0.15) is 34.5 Å². The van der Waals surface area contributed by atoms with Crippen LogP contribution in [0, 0.1) is 6.92 Å². The van der Waals surface area contributed by atoms with Gasteiger partial charge in [-0.25, -0.2) is 4.79 Å². The minimum Gasteiger partial charge on any atom is -0.497 e. The normalized spacial score (nSPS) is 11.8. The first-order valence-electron chi connectivity index (χ1n) is 6.75. The summed E-state index contributed by atoms with van der Waals surface area (Å²) in [6.07, 6.45) is 0. The maximum absolute atomic E-state index is 11.3. The summed E-state index contributed by atoms with van der Waals surface area (Å²) in [5, 5.41) is 12.5. The van der Waals surface area contributed by atoms with Gasteiger partial charge in [0.1, 0.15) is 5.75 Å². The Morgan fingerprint density at radius 3 is 2.43 bits per heavy atom. The van der Waals surface area contributed by atoms with E-state index in [1.165, 1.54) is 0 Å². The molecule has 0 saturated carbocycles. The number of hydrogen-bond acceptors (Lipinski definition) is 3. The molecule has 2 aromatic rings. The van der Waals surface area contributed by atoms with Crippen molar-refractivity contribution in [3.8, 4) is 5.75 Å². The number of ether oxygens (including phenoxy) is 1. The molecule has 110 valence electrons. The Kier molecular flexibility index (Phi) is 4.48. The van der Waals surface area contributed by atoms with Crippen LogP contribution in [0.3, 0.4) is 0 Å². The molecule has 0 aromatic heterocycles. The molecule has 2 aromatic carbocycles. The summed E-state index contributed by atoms with van der Waals surface area (Å²) in [4.78, 5) is 11.3. The van der Waals surface area contributed by atoms with Crippen molar-refractivity contribution in [2.45, 2.75) is 19.9 Å². The molecular weight excluding hydrogens is 266 g/mol. The van der Waals surface area contributed by atoms with Crippen LogP contribution in [-0.2, 0) is 0 Å². The van der Waals surface area contributed by atoms with Crippen molar-refractivity contribution >= 4 is 11.7 Å². The van der Waals surface area contributed by atoms with Gasteiger partial charge in [0.2, 0.25) is 0 Å². The zero-order valence-corrected chi connectivity index (χ0v) is 12.4. The first kappa shape index (κ1) is 14.9. The monoisotopic (exact) mass is 285 g/mol. The van der Waals surface area contributed by atoms with Crippen molar-refractivity contribution in [2.24, 2.45) is 0 Å². The third-order valence-corrected chi connectivity index (χ3v) is 3.39. The number of aryl methyl sites for hydroxylation is 1. The maximum atomic E-state index is 11.3. The summed E-state index contributed by atoms with van der Waals surface area (Å²) in [5.74, 6) is -0.132. The highest BCUT2D eigenvalue weighted by molar-refractivity contribution is 5.94. The van der Waals surface area contributed by atoms with Gasteiger partial charge in [0, 0.05) is 11.7 Å². The van der Waals surface area contributed by atoms with Crippen molar-refractivity contribution in [1.82, 2.24) is 0 Å². The Morgan fingerprint density at radius 2 is 1.86 bits per heavy atom. The average Bonchev–Trinajstić information content (AvgIpc) is 2.47. The molecule has 0 aliphatic heterocycles. The Balaban J connectivity index is 2.24. The smallest absolute Gasteiger partial charge is 0.337 e. The second kappa shape index (κ2) is 6.31. The fourth-order valence-electron chi connectivity index (χ4n) is 2.17. The van der Waals surface area contributed by atoms with Gasteiger partial charge in [-0.2, -0.15) is 0 Å². The molecule has 2 N–H and O–H groups in total. The predicted molar refractivity (Wildman–Crippen MR) is 83.2 cm³/mol. The van der Waals surface area contributed by atoms with Crippen molar-refractivity contribution in [3.05, 3.63) is 59.2 Å². The third-order valence-electron chi connectivity index (χ3n) is 3.39. The van der Waals surface area contributed by atoms with Crippen LogP contribution in [0.2, 0.25) is 0 Å². The number of methoxy groups -OCH3 is 1. The van der Waals surface area contributed by atoms with Gasteiger partial charge in [-0.3, -0.25) is 0 Å². The molecule has 0 heterocycles. The second-order valence-corrected chi connectivity index (χ2v) is 4.99. The Morgan fingerprint density at radius 1 is 1.19 bits per heavy atom. The highest BCUT2D eigenvalue weighted by atomic mass is 16.5. The van der Waals surface area contributed by atoms with E-state index < -0.39 is 5.97 Å². The van der Waals surface area contributed by atoms with Gasteiger partial charge in [0.25, 0.3) is 0 Å². The third kappa shape index (κ3) is 3.54. The van der Waals surface area contributed by atoms with Gasteiger partial charge >= 0.3 is 5.97 Å². The molecule has 0 aliphatic carbocycles. The SMILES string of the molecule is COc1ccc(C(C)Nc2cc(C)ccc2C(=O)O)cc1. The summed E-state index contributed by atoms with van der Waals surface area (Å²) in [6, 6.07) is 13.0. The average molecular weight is 285 g/mol. The fraction of sp³-hybridized carbons (Fsp3) is 0.235. The van der Waals surface area contributed by atoms with Crippen LogP contribution in [0.4, 0.5) is 5.69 Å². The van der Waals surface area contributed by atoms with Crippen LogP contribution >= 0.6 is 0 Å². The van der Waals surface area contributed by atoms with Gasteiger partial charge in [0.15, 0.2) is 0 Å². The van der Waals surface area contributed by atoms with E-state index >= 15 is 0 Å². The van der Waals surface area contributed by atoms with E-state index in [9.17, 15) is 9.90 Å². The van der Waals surface area contributed by atoms with Crippen molar-refractivity contribution < 1.29 is 14.6 Å². The minimum absolute atomic E-state index is 0.00388. The van der Waals surface area contributed by atoms with Crippen LogP contribution in [-0.4, -0.2) is 18.2 Å². The molecule has 0 radical (unpaired) electrons. The van der Waals surface area contributed by atoms with Gasteiger partial charge in [-0.05, 0) is 49.2 Å². The molecule has 0 fully saturated rings. The van der Waals surface area contributed by atoms with E-state index in [1.54, 1.807) is 19.2 Å². The summed E-state index contributed by atoms with van der Waals surface area (Å²) in [7, 11) is 1.63. The molecule has 0 spiro atoms. The minimum atomic E-state index is -0.931. The largest absolute Gasteiger partial charge is 0.497 e. The van der Waals surface area contributed by atoms with Crippen LogP contribution in [0.5, 0.6) is 5.75 Å². The van der Waals surface area contributed by atoms with Crippen LogP contribution in [0.25, 0.3) is 0 Å². The van der Waals surface area contributed by atoms with Crippen LogP contribution in [0.15, 0.2) is 42.5 Å². The maximum Gasteiger partial charge on any atom is 0.337 e. The first-order valence-corrected chi connectivity index (χ1v) is 6.75. The molecule has 0 saturated heterocycles. The molecule has 2 rings (SSSR count). The highest BCUT2D eigenvalue weighted by Crippen LogP contribution is 2.25. The molecule has 0 amide bonds. The molecule has 1 unspecified atom stereocenters. The van der Waals surface area contributed by atoms with E-state index in [0.29, 0.717) is 5.69 Å². The van der Waals surface area contributed by atoms with Crippen molar-refractivity contribution in [2.75, 3.05) is 12.4 Å². The van der Waals surface area contributed by atoms with E-state index in [0.717, 1.165) is 16.9 Å². The zero-order valence-electron chi connectivity index (χ0n) is 12.4. The molecule has 21 heavy (non-hydrogen) atoms. The van der Waals surface area contributed by atoms with Crippen molar-refractivity contribution in [1.29, 1.82) is 0 Å². The number of aromatic carboxylic acids is 1. The quantitative estimate of drug-likeness (QED) is 0.875. The highest BCUT2D eigenvalue weighted by Gasteiger charge is 2.13. The Bertz CT molecular complexity index is 635. The number of carboxylic acids is 1. The lowest BCUT2D eigenvalue weighted by Crippen LogP contribution is -2.11. The van der Waals surface area contributed by atoms with E-state index in [1.807, 2.05) is 44.2 Å². The molecule has 4 heteroatoms. The topological polar surface area (TPSA) is 58.6 Å². The number of rotatable bonds is 5. The summed E-state index contributed by atoms with van der Waals surface area (Å²) < 4.78 is 5.14. The second-order valence-electron chi connectivity index (χ2n) is 4.99. The molecular formula is C17H19NO3. The van der Waals surface area contributed by atoms with Crippen molar-refractivity contribution in [3.63, 3.8) is 0 Å². The molecule has 4 nitrogen and oxygen atoms in total. The van der Waals surface area contributed by atoms with Crippen LogP contribution < -0.4 is 10.1 Å². The zero-order chi connectivity index (χ0) is 15.4. The summed E-state index contributed by atoms with van der Waals surface area (Å²) in [5.41, 5.74) is 2.99. The molecule has 0 aliphatic rings. The molecule has 1 atom stereocenters. The lowest BCUT2D eigenvalue weighted by atomic mass is 10.1. The standard InChI is InChI=1S/C17H19NO3/c1-11-4-9-15(17(19)20)16(10-11)18-12(2)13-5-7-14(21-3)8-6-13/h4-10,12,18H,1-3H3,(H,19,20). The first-order chi connectivity index (χ1) is 10.0. The number of carbonyl (C=O) groups is 1. The van der Waals surface area contributed by atoms with E-state index in [-0.39, 0.29) is 11.6 Å². The predicted octanol–water partition coefficient (Wildman–Crippen LogP) is 3.87. The van der Waals surface area contributed by atoms with Gasteiger partial charge in [-0.1, -0.05) is 18.2 Å². The van der Waals surface area contributed by atoms with Gasteiger partial charge < -0.3 is 15.2 Å². The number of nitrogens with one attached hydrogen (secondary N) is 1. The number of benzene rings is 2. The lowest BCUT2D eigenvalue weighted by molar-refractivity contribution is 0.0698. The van der Waals surface area contributed by atoms with Gasteiger partial charge in [0.05, 0.1) is 12.7 Å². The summed E-state index contributed by atoms with van der Waals surface area (Å²) >= 11 is 0. The van der Waals surface area contributed by atoms with E-state index in [2.05, 4.69) is 5.32 Å². The summed E-state index contributed by atoms with van der Waals surface area (Å²) in [6.45, 7) is 3.94. The number of anilines is 1. The van der Waals surface area contributed by atoms with E-state index in [4.69, 9.17) is 4.74 Å².